The predicted molar refractivity (Wildman–Crippen MR) is 67.4 cm³/mol. The fourth-order valence-electron chi connectivity index (χ4n) is 3.87. The van der Waals surface area contributed by atoms with Crippen molar-refractivity contribution in [2.45, 2.75) is 74.0 Å². The standard InChI is InChI=1S/C13H23NS/c1-14-10-6-2-4-8-12(10)15-13-9-5-3-7-11(13)14/h10-13H,2-9H2,1H3/t10?,11?,12-,13?/m0/s1. The van der Waals surface area contributed by atoms with E-state index in [1.54, 1.807) is 0 Å². The number of thioether (sulfide) groups is 1. The van der Waals surface area contributed by atoms with Gasteiger partial charge in [0, 0.05) is 22.6 Å². The Morgan fingerprint density at radius 1 is 0.800 bits per heavy atom. The van der Waals surface area contributed by atoms with Gasteiger partial charge in [0.15, 0.2) is 0 Å². The lowest BCUT2D eigenvalue weighted by Gasteiger charge is -2.51. The summed E-state index contributed by atoms with van der Waals surface area (Å²) in [4.78, 5) is 2.77. The van der Waals surface area contributed by atoms with Crippen LogP contribution in [0.25, 0.3) is 0 Å². The lowest BCUT2D eigenvalue weighted by atomic mass is 9.88. The van der Waals surface area contributed by atoms with E-state index < -0.39 is 0 Å². The number of hydrogen-bond acceptors (Lipinski definition) is 2. The van der Waals surface area contributed by atoms with Gasteiger partial charge in [-0.1, -0.05) is 25.7 Å². The molecule has 86 valence electrons. The van der Waals surface area contributed by atoms with Crippen molar-refractivity contribution in [1.29, 1.82) is 0 Å². The van der Waals surface area contributed by atoms with Crippen molar-refractivity contribution < 1.29 is 0 Å². The van der Waals surface area contributed by atoms with Crippen molar-refractivity contribution >= 4 is 11.8 Å². The molecular formula is C13H23NS. The molecule has 0 aromatic heterocycles. The summed E-state index contributed by atoms with van der Waals surface area (Å²) >= 11 is 2.36. The van der Waals surface area contributed by atoms with Crippen LogP contribution < -0.4 is 0 Å². The smallest absolute Gasteiger partial charge is 0.0215 e. The zero-order chi connectivity index (χ0) is 10.3. The molecular weight excluding hydrogens is 202 g/mol. The minimum atomic E-state index is 0.920. The summed E-state index contributed by atoms with van der Waals surface area (Å²) in [5, 5.41) is 1.95. The van der Waals surface area contributed by atoms with Crippen LogP contribution in [0.1, 0.15) is 51.4 Å². The number of rotatable bonds is 0. The molecule has 1 heterocycles. The average molecular weight is 225 g/mol. The molecule has 2 saturated carbocycles. The monoisotopic (exact) mass is 225 g/mol. The first-order valence-corrected chi connectivity index (χ1v) is 7.68. The maximum absolute atomic E-state index is 2.77. The fourth-order valence-corrected chi connectivity index (χ4v) is 5.95. The van der Waals surface area contributed by atoms with Gasteiger partial charge in [0.25, 0.3) is 0 Å². The Hall–Kier alpha value is 0.310. The highest BCUT2D eigenvalue weighted by Crippen LogP contribution is 2.45. The lowest BCUT2D eigenvalue weighted by molar-refractivity contribution is 0.107. The molecule has 2 heteroatoms. The number of hydrogen-bond donors (Lipinski definition) is 0. The average Bonchev–Trinajstić information content (AvgIpc) is 2.30. The summed E-state index contributed by atoms with van der Waals surface area (Å²) in [6.07, 6.45) is 11.8. The summed E-state index contributed by atoms with van der Waals surface area (Å²) in [6, 6.07) is 1.84. The SMILES string of the molecule is CN1C2CCCCC2S[C@H]2CCCCC21. The van der Waals surface area contributed by atoms with Crippen LogP contribution in [0.3, 0.4) is 0 Å². The van der Waals surface area contributed by atoms with E-state index >= 15 is 0 Å². The van der Waals surface area contributed by atoms with Gasteiger partial charge in [-0.15, -0.1) is 0 Å². The van der Waals surface area contributed by atoms with Crippen LogP contribution in [-0.2, 0) is 0 Å². The van der Waals surface area contributed by atoms with Gasteiger partial charge in [-0.25, -0.2) is 0 Å². The van der Waals surface area contributed by atoms with Crippen molar-refractivity contribution in [2.24, 2.45) is 0 Å². The molecule has 0 radical (unpaired) electrons. The second-order valence-electron chi connectivity index (χ2n) is 5.58. The van der Waals surface area contributed by atoms with Crippen molar-refractivity contribution in [3.63, 3.8) is 0 Å². The van der Waals surface area contributed by atoms with Crippen LogP contribution >= 0.6 is 11.8 Å². The highest BCUT2D eigenvalue weighted by Gasteiger charge is 2.42. The Labute approximate surface area is 98.0 Å². The zero-order valence-corrected chi connectivity index (χ0v) is 10.6. The number of fused-ring (bicyclic) bond motifs is 2. The van der Waals surface area contributed by atoms with Crippen LogP contribution in [0.15, 0.2) is 0 Å². The maximum Gasteiger partial charge on any atom is 0.0215 e. The molecule has 0 aromatic rings. The first kappa shape index (κ1) is 10.5. The van der Waals surface area contributed by atoms with Gasteiger partial charge >= 0.3 is 0 Å². The largest absolute Gasteiger partial charge is 0.298 e. The molecule has 3 rings (SSSR count). The number of nitrogens with zero attached hydrogens (tertiary/aromatic N) is 1. The molecule has 3 fully saturated rings. The first-order chi connectivity index (χ1) is 7.36. The van der Waals surface area contributed by atoms with E-state index in [9.17, 15) is 0 Å². The third-order valence-corrected chi connectivity index (χ3v) is 6.53. The van der Waals surface area contributed by atoms with Gasteiger partial charge in [0.1, 0.15) is 0 Å². The summed E-state index contributed by atoms with van der Waals surface area (Å²) < 4.78 is 0. The van der Waals surface area contributed by atoms with Gasteiger partial charge in [-0.3, -0.25) is 4.90 Å². The van der Waals surface area contributed by atoms with Crippen LogP contribution in [0, 0.1) is 0 Å². The molecule has 0 bridgehead atoms. The zero-order valence-electron chi connectivity index (χ0n) is 9.82. The molecule has 1 nitrogen and oxygen atoms in total. The Balaban J connectivity index is 1.76. The normalized spacial score (nSPS) is 47.0. The quantitative estimate of drug-likeness (QED) is 0.622. The Kier molecular flexibility index (Phi) is 2.99. The van der Waals surface area contributed by atoms with E-state index in [1.807, 2.05) is 0 Å². The van der Waals surface area contributed by atoms with Crippen LogP contribution in [0.2, 0.25) is 0 Å². The van der Waals surface area contributed by atoms with Gasteiger partial charge in [-0.2, -0.15) is 11.8 Å². The molecule has 0 N–H and O–H groups in total. The molecule has 4 atom stereocenters. The molecule has 0 aromatic carbocycles. The van der Waals surface area contributed by atoms with Crippen LogP contribution in [0.5, 0.6) is 0 Å². The van der Waals surface area contributed by atoms with Crippen molar-refractivity contribution in [2.75, 3.05) is 7.05 Å². The van der Waals surface area contributed by atoms with Gasteiger partial charge in [0.2, 0.25) is 0 Å². The van der Waals surface area contributed by atoms with E-state index in [2.05, 4.69) is 23.7 Å². The van der Waals surface area contributed by atoms with Crippen molar-refractivity contribution in [3.05, 3.63) is 0 Å². The van der Waals surface area contributed by atoms with Crippen molar-refractivity contribution in [3.8, 4) is 0 Å². The van der Waals surface area contributed by atoms with Gasteiger partial charge in [0.05, 0.1) is 0 Å². The summed E-state index contributed by atoms with van der Waals surface area (Å²) in [7, 11) is 2.41. The van der Waals surface area contributed by atoms with Crippen molar-refractivity contribution in [1.82, 2.24) is 4.90 Å². The minimum absolute atomic E-state index is 0.920. The van der Waals surface area contributed by atoms with E-state index in [1.165, 1.54) is 51.4 Å². The first-order valence-electron chi connectivity index (χ1n) is 6.73. The molecule has 15 heavy (non-hydrogen) atoms. The topological polar surface area (TPSA) is 3.24 Å². The van der Waals surface area contributed by atoms with E-state index in [-0.39, 0.29) is 0 Å². The van der Waals surface area contributed by atoms with Crippen LogP contribution in [0.4, 0.5) is 0 Å². The molecule has 1 saturated heterocycles. The summed E-state index contributed by atoms with van der Waals surface area (Å²) in [6.45, 7) is 0. The van der Waals surface area contributed by atoms with E-state index in [0.29, 0.717) is 0 Å². The summed E-state index contributed by atoms with van der Waals surface area (Å²) in [5.74, 6) is 0. The predicted octanol–water partition coefficient (Wildman–Crippen LogP) is 3.29. The fraction of sp³-hybridized carbons (Fsp3) is 1.00. The van der Waals surface area contributed by atoms with E-state index in [4.69, 9.17) is 0 Å². The molecule has 3 aliphatic rings. The Morgan fingerprint density at radius 3 is 1.80 bits per heavy atom. The Bertz CT molecular complexity index is 209. The minimum Gasteiger partial charge on any atom is -0.298 e. The summed E-state index contributed by atoms with van der Waals surface area (Å²) in [5.41, 5.74) is 0. The third kappa shape index (κ3) is 1.84. The lowest BCUT2D eigenvalue weighted by Crippen LogP contribution is -2.56. The second kappa shape index (κ2) is 4.29. The molecule has 0 amide bonds. The molecule has 1 aliphatic heterocycles. The van der Waals surface area contributed by atoms with Gasteiger partial charge in [-0.05, 0) is 32.7 Å². The van der Waals surface area contributed by atoms with E-state index in [0.717, 1.165) is 22.6 Å². The van der Waals surface area contributed by atoms with Crippen LogP contribution in [-0.4, -0.2) is 34.5 Å². The Morgan fingerprint density at radius 2 is 1.27 bits per heavy atom. The maximum atomic E-state index is 2.77. The van der Waals surface area contributed by atoms with Gasteiger partial charge < -0.3 is 0 Å². The third-order valence-electron chi connectivity index (χ3n) is 4.73. The molecule has 3 unspecified atom stereocenters. The molecule has 0 spiro atoms. The highest BCUT2D eigenvalue weighted by atomic mass is 32.2. The molecule has 2 aliphatic carbocycles. The second-order valence-corrected chi connectivity index (χ2v) is 7.07. The highest BCUT2D eigenvalue weighted by molar-refractivity contribution is 8.00.